The van der Waals surface area contributed by atoms with Gasteiger partial charge in [-0.15, -0.1) is 0 Å². The molecule has 0 radical (unpaired) electrons. The molecule has 0 aromatic heterocycles. The zero-order chi connectivity index (χ0) is 8.10. The molecule has 0 spiro atoms. The van der Waals surface area contributed by atoms with Crippen LogP contribution in [0.3, 0.4) is 0 Å². The molecular formula is C8H18NOS+. The first-order valence-electron chi connectivity index (χ1n) is 4.24. The first kappa shape index (κ1) is 9.36. The molecule has 0 unspecified atom stereocenters. The number of rotatable bonds is 4. The van der Waals surface area contributed by atoms with Gasteiger partial charge in [-0.2, -0.15) is 11.8 Å². The average Bonchev–Trinajstić information content (AvgIpc) is 2.40. The van der Waals surface area contributed by atoms with Crippen molar-refractivity contribution in [2.75, 3.05) is 25.2 Å². The van der Waals surface area contributed by atoms with Gasteiger partial charge in [-0.3, -0.25) is 0 Å². The molecule has 0 amide bonds. The Hall–Kier alpha value is 0.270. The molecule has 0 aromatic carbocycles. The van der Waals surface area contributed by atoms with Gasteiger partial charge in [-0.1, -0.05) is 0 Å². The van der Waals surface area contributed by atoms with Crippen LogP contribution >= 0.6 is 11.8 Å². The Balaban J connectivity index is 2.08. The fourth-order valence-electron chi connectivity index (χ4n) is 1.49. The van der Waals surface area contributed by atoms with Crippen LogP contribution in [0.1, 0.15) is 13.3 Å². The second-order valence-electron chi connectivity index (χ2n) is 3.25. The normalized spacial score (nSPS) is 27.3. The topological polar surface area (TPSA) is 25.8 Å². The summed E-state index contributed by atoms with van der Waals surface area (Å²) in [7, 11) is 1.77. The van der Waals surface area contributed by atoms with Crippen LogP contribution in [0.15, 0.2) is 0 Å². The first-order valence-corrected chi connectivity index (χ1v) is 5.40. The van der Waals surface area contributed by atoms with E-state index in [1.807, 2.05) is 0 Å². The van der Waals surface area contributed by atoms with Crippen molar-refractivity contribution >= 4 is 11.8 Å². The van der Waals surface area contributed by atoms with Crippen LogP contribution in [-0.4, -0.2) is 37.3 Å². The van der Waals surface area contributed by atoms with E-state index in [1.165, 1.54) is 17.9 Å². The number of nitrogens with two attached hydrogens (primary N) is 1. The van der Waals surface area contributed by atoms with E-state index < -0.39 is 0 Å². The quantitative estimate of drug-likeness (QED) is 0.657. The predicted molar refractivity (Wildman–Crippen MR) is 49.0 cm³/mol. The number of quaternary nitrogens is 1. The van der Waals surface area contributed by atoms with Crippen LogP contribution < -0.4 is 5.32 Å². The highest BCUT2D eigenvalue weighted by Gasteiger charge is 2.20. The molecule has 3 heteroatoms. The molecule has 0 bridgehead atoms. The summed E-state index contributed by atoms with van der Waals surface area (Å²) in [6, 6.07) is 1.48. The van der Waals surface area contributed by atoms with Crippen molar-refractivity contribution in [3.8, 4) is 0 Å². The smallest absolute Gasteiger partial charge is 0.107 e. The van der Waals surface area contributed by atoms with Gasteiger partial charge in [0.2, 0.25) is 0 Å². The minimum atomic E-state index is 0.628. The van der Waals surface area contributed by atoms with Crippen LogP contribution in [0.5, 0.6) is 0 Å². The van der Waals surface area contributed by atoms with E-state index in [4.69, 9.17) is 4.74 Å². The Morgan fingerprint density at radius 3 is 3.09 bits per heavy atom. The zero-order valence-electron chi connectivity index (χ0n) is 7.38. The van der Waals surface area contributed by atoms with Crippen LogP contribution in [0.2, 0.25) is 0 Å². The molecular weight excluding hydrogens is 158 g/mol. The summed E-state index contributed by atoms with van der Waals surface area (Å²) < 4.78 is 5.08. The van der Waals surface area contributed by atoms with Gasteiger partial charge in [0.25, 0.3) is 0 Å². The lowest BCUT2D eigenvalue weighted by molar-refractivity contribution is -0.715. The van der Waals surface area contributed by atoms with E-state index >= 15 is 0 Å². The summed E-state index contributed by atoms with van der Waals surface area (Å²) in [5.74, 6) is 2.68. The predicted octanol–water partition coefficient (Wildman–Crippen LogP) is 0.0902. The van der Waals surface area contributed by atoms with E-state index in [0.717, 1.165) is 12.6 Å². The van der Waals surface area contributed by atoms with E-state index in [-0.39, 0.29) is 0 Å². The average molecular weight is 176 g/mol. The molecule has 0 aliphatic carbocycles. The Morgan fingerprint density at radius 2 is 2.55 bits per heavy atom. The summed E-state index contributed by atoms with van der Waals surface area (Å²) in [6.07, 6.45) is 1.37. The van der Waals surface area contributed by atoms with Crippen LogP contribution in [0.4, 0.5) is 0 Å². The van der Waals surface area contributed by atoms with E-state index in [9.17, 15) is 0 Å². The van der Waals surface area contributed by atoms with E-state index in [2.05, 4.69) is 24.0 Å². The summed E-state index contributed by atoms with van der Waals surface area (Å²) in [4.78, 5) is 0. The monoisotopic (exact) mass is 176 g/mol. The minimum absolute atomic E-state index is 0.628. The van der Waals surface area contributed by atoms with Crippen LogP contribution in [-0.2, 0) is 4.74 Å². The zero-order valence-corrected chi connectivity index (χ0v) is 8.19. The fraction of sp³-hybridized carbons (Fsp3) is 1.00. The van der Waals surface area contributed by atoms with Crippen molar-refractivity contribution in [2.24, 2.45) is 0 Å². The molecule has 0 saturated carbocycles. The Bertz CT molecular complexity index is 104. The molecule has 1 rings (SSSR count). The van der Waals surface area contributed by atoms with Gasteiger partial charge >= 0.3 is 0 Å². The molecule has 2 nitrogen and oxygen atoms in total. The summed E-state index contributed by atoms with van der Waals surface area (Å²) >= 11 is 2.07. The maximum atomic E-state index is 5.08. The van der Waals surface area contributed by atoms with Gasteiger partial charge in [0, 0.05) is 19.3 Å². The van der Waals surface area contributed by atoms with Crippen molar-refractivity contribution in [1.29, 1.82) is 0 Å². The van der Waals surface area contributed by atoms with Gasteiger partial charge < -0.3 is 10.1 Å². The minimum Gasteiger partial charge on any atom is -0.379 e. The third kappa shape index (κ3) is 3.45. The molecule has 1 aliphatic heterocycles. The van der Waals surface area contributed by atoms with Crippen LogP contribution in [0.25, 0.3) is 0 Å². The van der Waals surface area contributed by atoms with Crippen molar-refractivity contribution in [1.82, 2.24) is 0 Å². The molecule has 1 aliphatic rings. The summed E-state index contributed by atoms with van der Waals surface area (Å²) in [5.41, 5.74) is 0. The number of methoxy groups -OCH3 is 1. The second-order valence-corrected chi connectivity index (χ2v) is 4.40. The number of hydrogen-bond donors (Lipinski definition) is 1. The maximum Gasteiger partial charge on any atom is 0.107 e. The van der Waals surface area contributed by atoms with E-state index in [0.29, 0.717) is 6.04 Å². The summed E-state index contributed by atoms with van der Waals surface area (Å²) in [6.45, 7) is 3.10. The van der Waals surface area contributed by atoms with Crippen molar-refractivity contribution < 1.29 is 10.1 Å². The lowest BCUT2D eigenvalue weighted by Crippen LogP contribution is -2.95. The highest BCUT2D eigenvalue weighted by Crippen LogP contribution is 2.14. The highest BCUT2D eigenvalue weighted by molar-refractivity contribution is 7.99. The lowest BCUT2D eigenvalue weighted by atomic mass is 10.2. The van der Waals surface area contributed by atoms with E-state index in [1.54, 1.807) is 7.11 Å². The standard InChI is InChI=1S/C8H17NOS/c1-7(5-10-2)9-8-3-4-11-6-8/h7-9H,3-6H2,1-2H3/p+1/t7-,8-/m1/s1. The Labute approximate surface area is 73.1 Å². The van der Waals surface area contributed by atoms with Crippen molar-refractivity contribution in [2.45, 2.75) is 25.4 Å². The Kier molecular flexibility index (Phi) is 4.26. The Morgan fingerprint density at radius 1 is 1.73 bits per heavy atom. The van der Waals surface area contributed by atoms with Gasteiger partial charge in [0.15, 0.2) is 0 Å². The van der Waals surface area contributed by atoms with Crippen molar-refractivity contribution in [3.63, 3.8) is 0 Å². The largest absolute Gasteiger partial charge is 0.379 e. The first-order chi connectivity index (χ1) is 5.33. The molecule has 2 N–H and O–H groups in total. The molecule has 2 atom stereocenters. The number of thioether (sulfide) groups is 1. The number of hydrogen-bond acceptors (Lipinski definition) is 2. The third-order valence-corrected chi connectivity index (χ3v) is 3.18. The molecule has 1 heterocycles. The molecule has 11 heavy (non-hydrogen) atoms. The molecule has 0 aromatic rings. The molecule has 66 valence electrons. The maximum absolute atomic E-state index is 5.08. The van der Waals surface area contributed by atoms with Gasteiger partial charge in [0.1, 0.15) is 6.04 Å². The SMILES string of the molecule is COC[C@@H](C)[NH2+][C@@H]1CCSC1. The van der Waals surface area contributed by atoms with Gasteiger partial charge in [0.05, 0.1) is 12.6 Å². The highest BCUT2D eigenvalue weighted by atomic mass is 32.2. The van der Waals surface area contributed by atoms with Crippen molar-refractivity contribution in [3.05, 3.63) is 0 Å². The fourth-order valence-corrected chi connectivity index (χ4v) is 2.70. The third-order valence-electron chi connectivity index (χ3n) is 2.00. The molecule has 1 fully saturated rings. The van der Waals surface area contributed by atoms with Gasteiger partial charge in [-0.25, -0.2) is 0 Å². The molecule has 1 saturated heterocycles. The van der Waals surface area contributed by atoms with Gasteiger partial charge in [-0.05, 0) is 12.7 Å². The number of ether oxygens (including phenoxy) is 1. The second kappa shape index (κ2) is 5.01. The summed E-state index contributed by atoms with van der Waals surface area (Å²) in [5, 5.41) is 2.45. The van der Waals surface area contributed by atoms with Crippen LogP contribution in [0, 0.1) is 0 Å². The lowest BCUT2D eigenvalue weighted by Gasteiger charge is -2.13.